The highest BCUT2D eigenvalue weighted by atomic mass is 16.5. The van der Waals surface area contributed by atoms with Crippen LogP contribution in [0.15, 0.2) is 24.3 Å². The second kappa shape index (κ2) is 10.7. The number of likely N-dealkylation sites (tertiary alicyclic amines) is 1. The van der Waals surface area contributed by atoms with Gasteiger partial charge >= 0.3 is 0 Å². The summed E-state index contributed by atoms with van der Waals surface area (Å²) in [6.07, 6.45) is 2.70. The topological polar surface area (TPSA) is 87.7 Å². The highest BCUT2D eigenvalue weighted by Gasteiger charge is 2.33. The van der Waals surface area contributed by atoms with Crippen molar-refractivity contribution in [3.8, 4) is 5.75 Å². The van der Waals surface area contributed by atoms with Crippen LogP contribution in [-0.2, 0) is 9.59 Å². The average Bonchev–Trinajstić information content (AvgIpc) is 2.75. The molecule has 3 amide bonds. The molecule has 1 aromatic rings. The van der Waals surface area contributed by atoms with Crippen LogP contribution in [-0.4, -0.2) is 55.4 Å². The molecule has 0 spiro atoms. The van der Waals surface area contributed by atoms with Gasteiger partial charge in [-0.25, -0.2) is 0 Å². The monoisotopic (exact) mass is 389 g/mol. The van der Waals surface area contributed by atoms with E-state index in [1.165, 1.54) is 0 Å². The summed E-state index contributed by atoms with van der Waals surface area (Å²) >= 11 is 0. The molecule has 1 heterocycles. The molecule has 0 radical (unpaired) electrons. The van der Waals surface area contributed by atoms with Crippen molar-refractivity contribution >= 4 is 17.7 Å². The Balaban J connectivity index is 2.07. The van der Waals surface area contributed by atoms with Crippen molar-refractivity contribution in [2.75, 3.05) is 26.7 Å². The molecule has 1 aliphatic rings. The molecule has 1 fully saturated rings. The molecule has 1 aromatic carbocycles. The highest BCUT2D eigenvalue weighted by Crippen LogP contribution is 2.22. The number of nitrogens with one attached hydrogen (secondary N) is 2. The summed E-state index contributed by atoms with van der Waals surface area (Å²) in [4.78, 5) is 39.1. The van der Waals surface area contributed by atoms with E-state index < -0.39 is 6.04 Å². The Morgan fingerprint density at radius 3 is 2.32 bits per heavy atom. The quantitative estimate of drug-likeness (QED) is 0.712. The fourth-order valence-electron chi connectivity index (χ4n) is 3.43. The van der Waals surface area contributed by atoms with Crippen LogP contribution in [0.5, 0.6) is 5.75 Å². The number of amides is 3. The van der Waals surface area contributed by atoms with Gasteiger partial charge in [-0.3, -0.25) is 14.4 Å². The van der Waals surface area contributed by atoms with E-state index in [-0.39, 0.29) is 23.6 Å². The van der Waals surface area contributed by atoms with Gasteiger partial charge in [-0.05, 0) is 49.4 Å². The fraction of sp³-hybridized carbons (Fsp3) is 0.571. The molecule has 1 aliphatic heterocycles. The zero-order valence-corrected chi connectivity index (χ0v) is 17.0. The molecule has 28 heavy (non-hydrogen) atoms. The van der Waals surface area contributed by atoms with Gasteiger partial charge in [0, 0.05) is 31.6 Å². The maximum atomic E-state index is 12.7. The van der Waals surface area contributed by atoms with Gasteiger partial charge in [0.15, 0.2) is 0 Å². The van der Waals surface area contributed by atoms with Gasteiger partial charge in [0.25, 0.3) is 5.91 Å². The van der Waals surface area contributed by atoms with Gasteiger partial charge in [-0.2, -0.15) is 0 Å². The molecule has 1 saturated heterocycles. The van der Waals surface area contributed by atoms with Gasteiger partial charge in [-0.1, -0.05) is 13.8 Å². The highest BCUT2D eigenvalue weighted by molar-refractivity contribution is 5.97. The van der Waals surface area contributed by atoms with Crippen molar-refractivity contribution in [3.63, 3.8) is 0 Å². The molecular weight excluding hydrogens is 358 g/mol. The van der Waals surface area contributed by atoms with Crippen molar-refractivity contribution in [1.29, 1.82) is 0 Å². The van der Waals surface area contributed by atoms with Gasteiger partial charge in [-0.15, -0.1) is 0 Å². The van der Waals surface area contributed by atoms with Crippen molar-refractivity contribution in [2.45, 2.75) is 45.6 Å². The number of methoxy groups -OCH3 is 1. The molecule has 0 aromatic heterocycles. The molecule has 1 atom stereocenters. The van der Waals surface area contributed by atoms with Crippen LogP contribution in [0.25, 0.3) is 0 Å². The number of nitrogens with zero attached hydrogens (tertiary/aromatic N) is 1. The zero-order valence-electron chi connectivity index (χ0n) is 17.0. The molecule has 0 aliphatic carbocycles. The first-order chi connectivity index (χ1) is 13.5. The van der Waals surface area contributed by atoms with E-state index in [0.29, 0.717) is 50.2 Å². The Morgan fingerprint density at radius 1 is 1.14 bits per heavy atom. The minimum Gasteiger partial charge on any atom is -0.497 e. The SMILES string of the molecule is CCCNC(=O)[C@H](NC(=O)c1ccc(OC)cc1)C1CCN(C(=O)CC)CC1. The van der Waals surface area contributed by atoms with Gasteiger partial charge in [0.1, 0.15) is 11.8 Å². The predicted molar refractivity (Wildman–Crippen MR) is 107 cm³/mol. The number of rotatable bonds is 8. The van der Waals surface area contributed by atoms with E-state index >= 15 is 0 Å². The van der Waals surface area contributed by atoms with Crippen molar-refractivity contribution in [3.05, 3.63) is 29.8 Å². The molecule has 7 nitrogen and oxygen atoms in total. The fourth-order valence-corrected chi connectivity index (χ4v) is 3.43. The van der Waals surface area contributed by atoms with E-state index in [1.54, 1.807) is 31.4 Å². The van der Waals surface area contributed by atoms with E-state index in [2.05, 4.69) is 10.6 Å². The summed E-state index contributed by atoms with van der Waals surface area (Å²) < 4.78 is 5.12. The van der Waals surface area contributed by atoms with Crippen LogP contribution >= 0.6 is 0 Å². The summed E-state index contributed by atoms with van der Waals surface area (Å²) in [5, 5.41) is 5.81. The van der Waals surface area contributed by atoms with Crippen LogP contribution in [0, 0.1) is 5.92 Å². The predicted octanol–water partition coefficient (Wildman–Crippen LogP) is 1.97. The van der Waals surface area contributed by atoms with Crippen LogP contribution in [0.1, 0.15) is 49.9 Å². The minimum atomic E-state index is -0.611. The summed E-state index contributed by atoms with van der Waals surface area (Å²) in [5.41, 5.74) is 0.479. The molecular formula is C21H31N3O4. The number of benzene rings is 1. The van der Waals surface area contributed by atoms with E-state index in [9.17, 15) is 14.4 Å². The Hall–Kier alpha value is -2.57. The summed E-state index contributed by atoms with van der Waals surface area (Å²) in [6, 6.07) is 6.18. The zero-order chi connectivity index (χ0) is 20.5. The van der Waals surface area contributed by atoms with E-state index in [4.69, 9.17) is 4.74 Å². The van der Waals surface area contributed by atoms with Gasteiger partial charge in [0.2, 0.25) is 11.8 Å². The van der Waals surface area contributed by atoms with Crippen LogP contribution in [0.3, 0.4) is 0 Å². The molecule has 0 bridgehead atoms. The van der Waals surface area contributed by atoms with E-state index in [0.717, 1.165) is 6.42 Å². The molecule has 154 valence electrons. The lowest BCUT2D eigenvalue weighted by atomic mass is 9.88. The number of carbonyl (C=O) groups excluding carboxylic acids is 3. The van der Waals surface area contributed by atoms with Gasteiger partial charge < -0.3 is 20.3 Å². The number of ether oxygens (including phenoxy) is 1. The van der Waals surface area contributed by atoms with Crippen molar-refractivity contribution in [2.24, 2.45) is 5.92 Å². The van der Waals surface area contributed by atoms with Crippen molar-refractivity contribution < 1.29 is 19.1 Å². The molecule has 0 unspecified atom stereocenters. The Labute approximate surface area is 166 Å². The average molecular weight is 389 g/mol. The molecule has 7 heteroatoms. The lowest BCUT2D eigenvalue weighted by molar-refractivity contribution is -0.132. The smallest absolute Gasteiger partial charge is 0.251 e. The maximum Gasteiger partial charge on any atom is 0.251 e. The first kappa shape index (κ1) is 21.7. The first-order valence-corrected chi connectivity index (χ1v) is 10.0. The summed E-state index contributed by atoms with van der Waals surface area (Å²) in [7, 11) is 1.57. The second-order valence-electron chi connectivity index (χ2n) is 7.04. The Kier molecular flexibility index (Phi) is 8.29. The van der Waals surface area contributed by atoms with Crippen molar-refractivity contribution in [1.82, 2.24) is 15.5 Å². The largest absolute Gasteiger partial charge is 0.497 e. The first-order valence-electron chi connectivity index (χ1n) is 10.0. The standard InChI is InChI=1S/C21H31N3O4/c1-4-12-22-21(27)19(15-10-13-24(14-11-15)18(25)5-2)23-20(26)16-6-8-17(28-3)9-7-16/h6-9,15,19H,4-5,10-14H2,1-3H3,(H,22,27)(H,23,26)/t19-/m1/s1. The van der Waals surface area contributed by atoms with Gasteiger partial charge in [0.05, 0.1) is 7.11 Å². The third-order valence-corrected chi connectivity index (χ3v) is 5.14. The Morgan fingerprint density at radius 2 is 1.79 bits per heavy atom. The van der Waals surface area contributed by atoms with Crippen LogP contribution in [0.4, 0.5) is 0 Å². The lowest BCUT2D eigenvalue weighted by Crippen LogP contribution is -2.53. The number of hydrogen-bond acceptors (Lipinski definition) is 4. The number of carbonyl (C=O) groups is 3. The summed E-state index contributed by atoms with van der Waals surface area (Å²) in [6.45, 7) is 5.64. The molecule has 0 saturated carbocycles. The van der Waals surface area contributed by atoms with Crippen LogP contribution < -0.4 is 15.4 Å². The number of hydrogen-bond donors (Lipinski definition) is 2. The summed E-state index contributed by atoms with van der Waals surface area (Å²) in [5.74, 6) is 0.352. The van der Waals surface area contributed by atoms with E-state index in [1.807, 2.05) is 18.7 Å². The Bertz CT molecular complexity index is 667. The maximum absolute atomic E-state index is 12.7. The third-order valence-electron chi connectivity index (χ3n) is 5.14. The minimum absolute atomic E-state index is 0.0000365. The third kappa shape index (κ3) is 5.71. The molecule has 2 N–H and O–H groups in total. The normalized spacial score (nSPS) is 15.6. The second-order valence-corrected chi connectivity index (χ2v) is 7.04. The lowest BCUT2D eigenvalue weighted by Gasteiger charge is -2.35. The molecule has 2 rings (SSSR count). The number of piperidine rings is 1. The van der Waals surface area contributed by atoms with Crippen LogP contribution in [0.2, 0.25) is 0 Å².